The van der Waals surface area contributed by atoms with Gasteiger partial charge in [0.1, 0.15) is 5.82 Å². The van der Waals surface area contributed by atoms with Crippen LogP contribution in [0.5, 0.6) is 0 Å². The molecular weight excluding hydrogens is 273 g/mol. The van der Waals surface area contributed by atoms with Gasteiger partial charge in [0.2, 0.25) is 0 Å². The van der Waals surface area contributed by atoms with E-state index in [1.54, 1.807) is 17.4 Å². The van der Waals surface area contributed by atoms with E-state index in [0.29, 0.717) is 12.0 Å². The van der Waals surface area contributed by atoms with Gasteiger partial charge < -0.3 is 5.32 Å². The topological polar surface area (TPSA) is 29.3 Å². The van der Waals surface area contributed by atoms with Crippen LogP contribution in [0.25, 0.3) is 4.96 Å². The molecule has 3 rings (SSSR count). The van der Waals surface area contributed by atoms with Gasteiger partial charge in [-0.15, -0.1) is 11.3 Å². The van der Waals surface area contributed by atoms with Crippen molar-refractivity contribution in [1.82, 2.24) is 14.7 Å². The van der Waals surface area contributed by atoms with Crippen LogP contribution in [0.4, 0.5) is 4.39 Å². The molecule has 0 spiro atoms. The van der Waals surface area contributed by atoms with Crippen molar-refractivity contribution in [2.24, 2.45) is 0 Å². The predicted molar refractivity (Wildman–Crippen MR) is 79.7 cm³/mol. The third-order valence-electron chi connectivity index (χ3n) is 3.44. The molecule has 0 saturated carbocycles. The molecule has 1 atom stereocenters. The summed E-state index contributed by atoms with van der Waals surface area (Å²) in [5.74, 6) is -0.162. The number of hydrogen-bond acceptors (Lipinski definition) is 3. The number of thiazole rings is 1. The number of benzene rings is 1. The maximum atomic E-state index is 14.1. The van der Waals surface area contributed by atoms with Gasteiger partial charge in [0.25, 0.3) is 0 Å². The molecule has 3 nitrogen and oxygen atoms in total. The van der Waals surface area contributed by atoms with Crippen molar-refractivity contribution >= 4 is 16.3 Å². The lowest BCUT2D eigenvalue weighted by atomic mass is 10.0. The minimum Gasteiger partial charge on any atom is -0.313 e. The molecule has 0 aliphatic carbocycles. The molecule has 0 aliphatic rings. The van der Waals surface area contributed by atoms with E-state index in [-0.39, 0.29) is 11.9 Å². The predicted octanol–water partition coefficient (Wildman–Crippen LogP) is 3.35. The highest BCUT2D eigenvalue weighted by atomic mass is 32.1. The van der Waals surface area contributed by atoms with Crippen LogP contribution in [-0.4, -0.2) is 16.4 Å². The average Bonchev–Trinajstić information content (AvgIpc) is 2.97. The fourth-order valence-corrected chi connectivity index (χ4v) is 3.08. The zero-order chi connectivity index (χ0) is 14.1. The molecule has 0 amide bonds. The first-order valence-electron chi connectivity index (χ1n) is 6.52. The van der Waals surface area contributed by atoms with Gasteiger partial charge in [-0.25, -0.2) is 9.37 Å². The molecule has 0 fully saturated rings. The summed E-state index contributed by atoms with van der Waals surface area (Å²) in [6, 6.07) is 5.30. The number of hydrogen-bond donors (Lipinski definition) is 1. The Balaban J connectivity index is 1.88. The first-order chi connectivity index (χ1) is 9.67. The fraction of sp³-hybridized carbons (Fsp3) is 0.267. The highest BCUT2D eigenvalue weighted by molar-refractivity contribution is 7.15. The Morgan fingerprint density at radius 3 is 3.00 bits per heavy atom. The number of nitrogens with zero attached hydrogens (tertiary/aromatic N) is 2. The summed E-state index contributed by atoms with van der Waals surface area (Å²) in [7, 11) is 1.85. The minimum atomic E-state index is -0.162. The third kappa shape index (κ3) is 2.46. The number of nitrogens with one attached hydrogen (secondary N) is 1. The lowest BCUT2D eigenvalue weighted by molar-refractivity contribution is 0.530. The Hall–Kier alpha value is -1.72. The van der Waals surface area contributed by atoms with E-state index < -0.39 is 0 Å². The average molecular weight is 289 g/mol. The summed E-state index contributed by atoms with van der Waals surface area (Å²) < 4.78 is 16.1. The number of aryl methyl sites for hydroxylation is 1. The molecule has 2 aromatic heterocycles. The van der Waals surface area contributed by atoms with Crippen molar-refractivity contribution in [1.29, 1.82) is 0 Å². The van der Waals surface area contributed by atoms with E-state index in [9.17, 15) is 4.39 Å². The molecule has 3 aromatic rings. The van der Waals surface area contributed by atoms with E-state index >= 15 is 0 Å². The maximum Gasteiger partial charge on any atom is 0.193 e. The van der Waals surface area contributed by atoms with E-state index in [2.05, 4.69) is 10.3 Å². The van der Waals surface area contributed by atoms with Crippen LogP contribution >= 0.6 is 11.3 Å². The number of imidazole rings is 1. The van der Waals surface area contributed by atoms with Crippen molar-refractivity contribution in [2.45, 2.75) is 19.4 Å². The van der Waals surface area contributed by atoms with Crippen LogP contribution < -0.4 is 5.32 Å². The number of fused-ring (bicyclic) bond motifs is 1. The zero-order valence-corrected chi connectivity index (χ0v) is 12.2. The molecule has 1 unspecified atom stereocenters. The first kappa shape index (κ1) is 13.3. The van der Waals surface area contributed by atoms with Crippen LogP contribution in [0.2, 0.25) is 0 Å². The quantitative estimate of drug-likeness (QED) is 0.798. The molecule has 0 bridgehead atoms. The van der Waals surface area contributed by atoms with E-state index in [4.69, 9.17) is 0 Å². The number of rotatable bonds is 4. The molecule has 5 heteroatoms. The van der Waals surface area contributed by atoms with Crippen LogP contribution in [0.3, 0.4) is 0 Å². The molecule has 0 radical (unpaired) electrons. The lowest BCUT2D eigenvalue weighted by Gasteiger charge is -2.16. The highest BCUT2D eigenvalue weighted by Crippen LogP contribution is 2.22. The Bertz CT molecular complexity index is 703. The van der Waals surface area contributed by atoms with Crippen LogP contribution in [-0.2, 0) is 6.42 Å². The Labute approximate surface area is 121 Å². The van der Waals surface area contributed by atoms with Crippen LogP contribution in [0.1, 0.15) is 22.9 Å². The van der Waals surface area contributed by atoms with Crippen LogP contribution in [0.15, 0.2) is 36.0 Å². The monoisotopic (exact) mass is 289 g/mol. The second kappa shape index (κ2) is 5.34. The van der Waals surface area contributed by atoms with Gasteiger partial charge in [-0.05, 0) is 25.6 Å². The van der Waals surface area contributed by atoms with E-state index in [1.807, 2.05) is 48.3 Å². The largest absolute Gasteiger partial charge is 0.313 e. The molecule has 20 heavy (non-hydrogen) atoms. The highest BCUT2D eigenvalue weighted by Gasteiger charge is 2.16. The molecule has 104 valence electrons. The summed E-state index contributed by atoms with van der Waals surface area (Å²) in [6.07, 6.45) is 4.66. The van der Waals surface area contributed by atoms with Gasteiger partial charge in [-0.2, -0.15) is 0 Å². The van der Waals surface area contributed by atoms with Crippen molar-refractivity contribution < 1.29 is 4.39 Å². The van der Waals surface area contributed by atoms with Gasteiger partial charge in [-0.1, -0.05) is 12.1 Å². The summed E-state index contributed by atoms with van der Waals surface area (Å²) in [5.41, 5.74) is 2.59. The molecular formula is C15H16FN3S. The van der Waals surface area contributed by atoms with Crippen molar-refractivity contribution in [3.8, 4) is 0 Å². The smallest absolute Gasteiger partial charge is 0.193 e. The zero-order valence-electron chi connectivity index (χ0n) is 11.4. The second-order valence-corrected chi connectivity index (χ2v) is 5.77. The SMILES string of the molecule is CNC(Cc1cn2ccsc2n1)c1ccc(C)cc1F. The van der Waals surface area contributed by atoms with Gasteiger partial charge >= 0.3 is 0 Å². The Morgan fingerprint density at radius 1 is 1.45 bits per heavy atom. The normalized spacial score (nSPS) is 12.9. The van der Waals surface area contributed by atoms with Gasteiger partial charge in [-0.3, -0.25) is 4.40 Å². The molecule has 1 N–H and O–H groups in total. The third-order valence-corrected chi connectivity index (χ3v) is 4.21. The summed E-state index contributed by atoms with van der Waals surface area (Å²) in [6.45, 7) is 1.89. The summed E-state index contributed by atoms with van der Waals surface area (Å²) >= 11 is 1.60. The maximum absolute atomic E-state index is 14.1. The van der Waals surface area contributed by atoms with E-state index in [0.717, 1.165) is 16.2 Å². The van der Waals surface area contributed by atoms with Crippen LogP contribution in [0, 0.1) is 12.7 Å². The molecule has 0 saturated heterocycles. The number of halogens is 1. The first-order valence-corrected chi connectivity index (χ1v) is 7.39. The Kier molecular flexibility index (Phi) is 3.54. The lowest BCUT2D eigenvalue weighted by Crippen LogP contribution is -2.20. The summed E-state index contributed by atoms with van der Waals surface area (Å²) in [5, 5.41) is 5.18. The van der Waals surface area contributed by atoms with Crippen molar-refractivity contribution in [3.05, 3.63) is 58.6 Å². The number of likely N-dealkylation sites (N-methyl/N-ethyl adjacent to an activating group) is 1. The Morgan fingerprint density at radius 2 is 2.30 bits per heavy atom. The van der Waals surface area contributed by atoms with Gasteiger partial charge in [0.15, 0.2) is 4.96 Å². The fourth-order valence-electron chi connectivity index (χ4n) is 2.37. The van der Waals surface area contributed by atoms with Gasteiger partial charge in [0.05, 0.1) is 5.69 Å². The van der Waals surface area contributed by atoms with Gasteiger partial charge in [0, 0.05) is 35.8 Å². The van der Waals surface area contributed by atoms with E-state index in [1.165, 1.54) is 0 Å². The van der Waals surface area contributed by atoms with Crippen molar-refractivity contribution in [2.75, 3.05) is 7.05 Å². The standard InChI is InChI=1S/C15H16FN3S/c1-10-3-4-12(13(16)7-10)14(17-2)8-11-9-19-5-6-20-15(19)18-11/h3-7,9,14,17H,8H2,1-2H3. The van der Waals surface area contributed by atoms with Crippen molar-refractivity contribution in [3.63, 3.8) is 0 Å². The number of aromatic nitrogens is 2. The molecule has 1 aromatic carbocycles. The molecule has 2 heterocycles. The second-order valence-electron chi connectivity index (χ2n) is 4.90. The minimum absolute atomic E-state index is 0.0693. The molecule has 0 aliphatic heterocycles. The summed E-state index contributed by atoms with van der Waals surface area (Å²) in [4.78, 5) is 5.52.